The van der Waals surface area contributed by atoms with Gasteiger partial charge < -0.3 is 0 Å². The van der Waals surface area contributed by atoms with Gasteiger partial charge in [-0.15, -0.1) is 0 Å². The number of nitrogens with zero attached hydrogens (tertiary/aromatic N) is 1. The lowest BCUT2D eigenvalue weighted by Gasteiger charge is -2.30. The zero-order chi connectivity index (χ0) is 9.97. The standard InChI is InChI=1S/C10H16N2O2/c13-9-6-12(7-10(14)11-9)5-4-8-2-1-3-8/h8H,1-7H2,(H,11,13,14). The van der Waals surface area contributed by atoms with Crippen molar-refractivity contribution in [1.29, 1.82) is 0 Å². The summed E-state index contributed by atoms with van der Waals surface area (Å²) in [4.78, 5) is 24.0. The highest BCUT2D eigenvalue weighted by molar-refractivity contribution is 5.99. The molecule has 0 aromatic carbocycles. The first-order valence-electron chi connectivity index (χ1n) is 5.29. The summed E-state index contributed by atoms with van der Waals surface area (Å²) in [7, 11) is 0. The third-order valence-corrected chi connectivity index (χ3v) is 3.09. The fraction of sp³-hybridized carbons (Fsp3) is 0.800. The largest absolute Gasteiger partial charge is 0.294 e. The first kappa shape index (κ1) is 9.65. The first-order valence-corrected chi connectivity index (χ1v) is 5.29. The number of hydrogen-bond donors (Lipinski definition) is 1. The minimum absolute atomic E-state index is 0.158. The SMILES string of the molecule is O=C1CN(CCC2CCC2)CC(=O)N1. The summed E-state index contributed by atoms with van der Waals surface area (Å²) in [6, 6.07) is 0. The molecule has 1 aliphatic heterocycles. The highest BCUT2D eigenvalue weighted by atomic mass is 16.2. The topological polar surface area (TPSA) is 49.4 Å². The number of hydrogen-bond acceptors (Lipinski definition) is 3. The Morgan fingerprint density at radius 1 is 1.21 bits per heavy atom. The number of carbonyl (C=O) groups excluding carboxylic acids is 2. The van der Waals surface area contributed by atoms with Crippen LogP contribution in [0.4, 0.5) is 0 Å². The molecule has 2 amide bonds. The normalized spacial score (nSPS) is 24.6. The molecule has 0 aromatic heterocycles. The molecular weight excluding hydrogens is 180 g/mol. The molecule has 1 N–H and O–H groups in total. The van der Waals surface area contributed by atoms with Crippen LogP contribution >= 0.6 is 0 Å². The van der Waals surface area contributed by atoms with E-state index in [2.05, 4.69) is 5.32 Å². The third kappa shape index (κ3) is 2.32. The summed E-state index contributed by atoms with van der Waals surface area (Å²) in [6.45, 7) is 1.67. The van der Waals surface area contributed by atoms with Crippen LogP contribution in [0.25, 0.3) is 0 Å². The number of rotatable bonds is 3. The van der Waals surface area contributed by atoms with Crippen LogP contribution in [0.1, 0.15) is 25.7 Å². The molecule has 78 valence electrons. The van der Waals surface area contributed by atoms with E-state index < -0.39 is 0 Å². The summed E-state index contributed by atoms with van der Waals surface area (Å²) in [6.07, 6.45) is 5.15. The van der Waals surface area contributed by atoms with Crippen LogP contribution in [0, 0.1) is 5.92 Å². The Kier molecular flexibility index (Phi) is 2.82. The molecule has 1 aliphatic carbocycles. The van der Waals surface area contributed by atoms with Crippen LogP contribution in [0.2, 0.25) is 0 Å². The lowest BCUT2D eigenvalue weighted by Crippen LogP contribution is -2.51. The van der Waals surface area contributed by atoms with Crippen molar-refractivity contribution < 1.29 is 9.59 Å². The van der Waals surface area contributed by atoms with Gasteiger partial charge in [0.2, 0.25) is 11.8 Å². The second-order valence-corrected chi connectivity index (χ2v) is 4.27. The van der Waals surface area contributed by atoms with Crippen molar-refractivity contribution in [3.05, 3.63) is 0 Å². The molecular formula is C10H16N2O2. The maximum Gasteiger partial charge on any atom is 0.240 e. The van der Waals surface area contributed by atoms with Crippen LogP contribution in [-0.2, 0) is 9.59 Å². The molecule has 1 saturated heterocycles. The van der Waals surface area contributed by atoms with Crippen molar-refractivity contribution >= 4 is 11.8 Å². The smallest absolute Gasteiger partial charge is 0.240 e. The van der Waals surface area contributed by atoms with Crippen molar-refractivity contribution in [2.24, 2.45) is 5.92 Å². The number of carbonyl (C=O) groups is 2. The average molecular weight is 196 g/mol. The lowest BCUT2D eigenvalue weighted by molar-refractivity contribution is -0.136. The molecule has 2 fully saturated rings. The van der Waals surface area contributed by atoms with E-state index >= 15 is 0 Å². The van der Waals surface area contributed by atoms with E-state index in [-0.39, 0.29) is 11.8 Å². The number of amides is 2. The second-order valence-electron chi connectivity index (χ2n) is 4.27. The van der Waals surface area contributed by atoms with Gasteiger partial charge in [0.1, 0.15) is 0 Å². The molecule has 4 nitrogen and oxygen atoms in total. The van der Waals surface area contributed by atoms with E-state index in [0.717, 1.165) is 18.9 Å². The van der Waals surface area contributed by atoms with Crippen molar-refractivity contribution in [2.75, 3.05) is 19.6 Å². The number of nitrogens with one attached hydrogen (secondary N) is 1. The Labute approximate surface area is 83.6 Å². The third-order valence-electron chi connectivity index (χ3n) is 3.09. The summed E-state index contributed by atoms with van der Waals surface area (Å²) in [5.74, 6) is 0.528. The van der Waals surface area contributed by atoms with Crippen molar-refractivity contribution in [3.63, 3.8) is 0 Å². The number of piperazine rings is 1. The molecule has 0 bridgehead atoms. The van der Waals surface area contributed by atoms with E-state index in [9.17, 15) is 9.59 Å². The van der Waals surface area contributed by atoms with Gasteiger partial charge in [-0.2, -0.15) is 0 Å². The minimum atomic E-state index is -0.158. The molecule has 1 heterocycles. The van der Waals surface area contributed by atoms with Gasteiger partial charge in [-0.05, 0) is 18.9 Å². The molecule has 0 radical (unpaired) electrons. The summed E-state index contributed by atoms with van der Waals surface area (Å²) < 4.78 is 0. The molecule has 0 unspecified atom stereocenters. The molecule has 0 atom stereocenters. The lowest BCUT2D eigenvalue weighted by atomic mass is 9.83. The predicted molar refractivity (Wildman–Crippen MR) is 51.5 cm³/mol. The van der Waals surface area contributed by atoms with Crippen LogP contribution in [0.5, 0.6) is 0 Å². The second kappa shape index (κ2) is 4.09. The van der Waals surface area contributed by atoms with Crippen molar-refractivity contribution in [1.82, 2.24) is 10.2 Å². The maximum absolute atomic E-state index is 11.0. The highest BCUT2D eigenvalue weighted by Gasteiger charge is 2.24. The van der Waals surface area contributed by atoms with E-state index in [0.29, 0.717) is 13.1 Å². The zero-order valence-corrected chi connectivity index (χ0v) is 8.29. The minimum Gasteiger partial charge on any atom is -0.294 e. The predicted octanol–water partition coefficient (Wildman–Crippen LogP) is 0.135. The summed E-state index contributed by atoms with van der Waals surface area (Å²) in [5.41, 5.74) is 0. The Morgan fingerprint density at radius 3 is 2.36 bits per heavy atom. The van der Waals surface area contributed by atoms with Gasteiger partial charge in [-0.1, -0.05) is 19.3 Å². The van der Waals surface area contributed by atoms with Gasteiger partial charge in [0.25, 0.3) is 0 Å². The summed E-state index contributed by atoms with van der Waals surface area (Å²) >= 11 is 0. The Balaban J connectivity index is 1.73. The monoisotopic (exact) mass is 196 g/mol. The van der Waals surface area contributed by atoms with Gasteiger partial charge >= 0.3 is 0 Å². The van der Waals surface area contributed by atoms with Gasteiger partial charge in [0.15, 0.2) is 0 Å². The van der Waals surface area contributed by atoms with Gasteiger partial charge in [0, 0.05) is 0 Å². The fourth-order valence-electron chi connectivity index (χ4n) is 2.00. The molecule has 4 heteroatoms. The zero-order valence-electron chi connectivity index (χ0n) is 8.29. The van der Waals surface area contributed by atoms with E-state index in [1.54, 1.807) is 0 Å². The van der Waals surface area contributed by atoms with Crippen LogP contribution in [0.15, 0.2) is 0 Å². The summed E-state index contributed by atoms with van der Waals surface area (Å²) in [5, 5.41) is 2.31. The highest BCUT2D eigenvalue weighted by Crippen LogP contribution is 2.29. The first-order chi connectivity index (χ1) is 6.74. The van der Waals surface area contributed by atoms with Gasteiger partial charge in [0.05, 0.1) is 13.1 Å². The molecule has 0 spiro atoms. The molecule has 14 heavy (non-hydrogen) atoms. The van der Waals surface area contributed by atoms with Gasteiger partial charge in [-0.3, -0.25) is 19.8 Å². The maximum atomic E-state index is 11.0. The average Bonchev–Trinajstić information content (AvgIpc) is 1.99. The van der Waals surface area contributed by atoms with Crippen LogP contribution in [0.3, 0.4) is 0 Å². The van der Waals surface area contributed by atoms with Crippen LogP contribution in [-0.4, -0.2) is 36.3 Å². The molecule has 2 aliphatic rings. The van der Waals surface area contributed by atoms with Crippen LogP contribution < -0.4 is 5.32 Å². The Hall–Kier alpha value is -0.900. The Morgan fingerprint density at radius 2 is 1.86 bits per heavy atom. The van der Waals surface area contributed by atoms with E-state index in [1.807, 2.05) is 4.90 Å². The quantitative estimate of drug-likeness (QED) is 0.653. The molecule has 2 rings (SSSR count). The Bertz CT molecular complexity index is 233. The van der Waals surface area contributed by atoms with E-state index in [1.165, 1.54) is 19.3 Å². The van der Waals surface area contributed by atoms with Crippen molar-refractivity contribution in [3.8, 4) is 0 Å². The fourth-order valence-corrected chi connectivity index (χ4v) is 2.00. The number of imide groups is 1. The van der Waals surface area contributed by atoms with E-state index in [4.69, 9.17) is 0 Å². The molecule has 0 aromatic rings. The molecule has 1 saturated carbocycles. The van der Waals surface area contributed by atoms with Crippen molar-refractivity contribution in [2.45, 2.75) is 25.7 Å². The van der Waals surface area contributed by atoms with Gasteiger partial charge in [-0.25, -0.2) is 0 Å².